The van der Waals surface area contributed by atoms with Gasteiger partial charge in [-0.3, -0.25) is 0 Å². The fourth-order valence-corrected chi connectivity index (χ4v) is 0.670. The molecule has 0 heterocycles. The summed E-state index contributed by atoms with van der Waals surface area (Å²) in [6.45, 7) is 3.62. The molecule has 0 saturated carbocycles. The number of hydrogen-bond acceptors (Lipinski definition) is 6. The lowest BCUT2D eigenvalue weighted by Crippen LogP contribution is -2.07. The van der Waals surface area contributed by atoms with Crippen LogP contribution in [0.5, 0.6) is 0 Å². The molecule has 0 aliphatic carbocycles. The van der Waals surface area contributed by atoms with Crippen molar-refractivity contribution in [1.82, 2.24) is 0 Å². The number of rotatable bonds is 4. The van der Waals surface area contributed by atoms with E-state index >= 15 is 0 Å². The first-order valence-corrected chi connectivity index (χ1v) is 5.25. The molecule has 0 spiro atoms. The fraction of sp³-hybridized carbons (Fsp3) is 0.500. The zero-order valence-electron chi connectivity index (χ0n) is 10.3. The highest BCUT2D eigenvalue weighted by atomic mass is 16.7. The maximum atomic E-state index is 10.7. The van der Waals surface area contributed by atoms with Gasteiger partial charge in [-0.25, -0.2) is 9.59 Å². The highest BCUT2D eigenvalue weighted by molar-refractivity contribution is 5.60. The second-order valence-electron chi connectivity index (χ2n) is 2.55. The highest BCUT2D eigenvalue weighted by Crippen LogP contribution is 1.83. The standard InChI is InChI=1S/C12H14O6/c1-3-15-11(13)17-9-7-5-6-8-10-18-12(14)16-4-2/h3-4,9-10H2,1-2H3. The number of carbonyl (C=O) groups is 2. The molecular formula is C12H14O6. The summed E-state index contributed by atoms with van der Waals surface area (Å²) < 4.78 is 18.1. The second-order valence-corrected chi connectivity index (χ2v) is 2.55. The predicted octanol–water partition coefficient (Wildman–Crippen LogP) is 1.34. The van der Waals surface area contributed by atoms with Crippen molar-refractivity contribution in [1.29, 1.82) is 0 Å². The van der Waals surface area contributed by atoms with E-state index in [1.165, 1.54) is 0 Å². The van der Waals surface area contributed by atoms with Gasteiger partial charge >= 0.3 is 12.3 Å². The molecule has 0 unspecified atom stereocenters. The van der Waals surface area contributed by atoms with Crippen LogP contribution in [0.15, 0.2) is 0 Å². The van der Waals surface area contributed by atoms with Crippen LogP contribution in [-0.2, 0) is 18.9 Å². The SMILES string of the molecule is CCOC(=O)OCC#CC#CCOC(=O)OCC. The Bertz CT molecular complexity index is 341. The third-order valence-electron chi connectivity index (χ3n) is 1.29. The third kappa shape index (κ3) is 10.2. The van der Waals surface area contributed by atoms with E-state index in [-0.39, 0.29) is 26.4 Å². The van der Waals surface area contributed by atoms with Gasteiger partial charge in [0.15, 0.2) is 13.2 Å². The zero-order chi connectivity index (χ0) is 13.6. The van der Waals surface area contributed by atoms with Crippen LogP contribution in [-0.4, -0.2) is 38.7 Å². The molecule has 0 radical (unpaired) electrons. The van der Waals surface area contributed by atoms with E-state index in [0.717, 1.165) is 0 Å². The Morgan fingerprint density at radius 2 is 1.17 bits per heavy atom. The van der Waals surface area contributed by atoms with Crippen LogP contribution in [0.3, 0.4) is 0 Å². The van der Waals surface area contributed by atoms with Gasteiger partial charge in [-0.1, -0.05) is 0 Å². The molecular weight excluding hydrogens is 240 g/mol. The Labute approximate surface area is 106 Å². The first-order chi connectivity index (χ1) is 8.70. The lowest BCUT2D eigenvalue weighted by atomic mass is 10.5. The molecule has 0 N–H and O–H groups in total. The Kier molecular flexibility index (Phi) is 9.70. The maximum Gasteiger partial charge on any atom is 0.509 e. The van der Waals surface area contributed by atoms with Crippen molar-refractivity contribution in [3.05, 3.63) is 0 Å². The van der Waals surface area contributed by atoms with Crippen LogP contribution in [0, 0.1) is 23.7 Å². The van der Waals surface area contributed by atoms with E-state index < -0.39 is 12.3 Å². The average molecular weight is 254 g/mol. The summed E-state index contributed by atoms with van der Waals surface area (Å²) >= 11 is 0. The largest absolute Gasteiger partial charge is 0.509 e. The van der Waals surface area contributed by atoms with Gasteiger partial charge in [0.25, 0.3) is 0 Å². The van der Waals surface area contributed by atoms with Crippen LogP contribution in [0.25, 0.3) is 0 Å². The van der Waals surface area contributed by atoms with Crippen molar-refractivity contribution in [3.8, 4) is 23.7 Å². The quantitative estimate of drug-likeness (QED) is 0.557. The number of ether oxygens (including phenoxy) is 4. The summed E-state index contributed by atoms with van der Waals surface area (Å²) in [7, 11) is 0. The first kappa shape index (κ1) is 15.7. The molecule has 0 atom stereocenters. The monoisotopic (exact) mass is 254 g/mol. The van der Waals surface area contributed by atoms with E-state index in [9.17, 15) is 9.59 Å². The molecule has 98 valence electrons. The molecule has 6 heteroatoms. The van der Waals surface area contributed by atoms with Gasteiger partial charge in [-0.05, 0) is 37.5 Å². The van der Waals surface area contributed by atoms with Crippen molar-refractivity contribution in [3.63, 3.8) is 0 Å². The molecule has 18 heavy (non-hydrogen) atoms. The van der Waals surface area contributed by atoms with Gasteiger partial charge in [-0.15, -0.1) is 0 Å². The van der Waals surface area contributed by atoms with Gasteiger partial charge in [0, 0.05) is 0 Å². The molecule has 0 aromatic rings. The molecule has 0 rings (SSSR count). The van der Waals surface area contributed by atoms with Crippen LogP contribution in [0.4, 0.5) is 9.59 Å². The van der Waals surface area contributed by atoms with Crippen molar-refractivity contribution in [2.24, 2.45) is 0 Å². The summed E-state index contributed by atoms with van der Waals surface area (Å²) in [4.78, 5) is 21.4. The molecule has 0 aromatic heterocycles. The molecule has 0 aliphatic rings. The summed E-state index contributed by atoms with van der Waals surface area (Å²) in [5.41, 5.74) is 0. The topological polar surface area (TPSA) is 71.1 Å². The van der Waals surface area contributed by atoms with Crippen molar-refractivity contribution in [2.75, 3.05) is 26.4 Å². The summed E-state index contributed by atoms with van der Waals surface area (Å²) in [6, 6.07) is 0. The fourth-order valence-electron chi connectivity index (χ4n) is 0.670. The van der Waals surface area contributed by atoms with E-state index in [4.69, 9.17) is 0 Å². The summed E-state index contributed by atoms with van der Waals surface area (Å²) in [5, 5.41) is 0. The Balaban J connectivity index is 3.65. The van der Waals surface area contributed by atoms with Gasteiger partial charge in [0.05, 0.1) is 13.2 Å². The maximum absolute atomic E-state index is 10.7. The Hall–Kier alpha value is -2.34. The molecule has 0 fully saturated rings. The van der Waals surface area contributed by atoms with Crippen LogP contribution < -0.4 is 0 Å². The van der Waals surface area contributed by atoms with Crippen LogP contribution >= 0.6 is 0 Å². The third-order valence-corrected chi connectivity index (χ3v) is 1.29. The lowest BCUT2D eigenvalue weighted by molar-refractivity contribution is 0.0676. The van der Waals surface area contributed by atoms with E-state index in [1.54, 1.807) is 13.8 Å². The first-order valence-electron chi connectivity index (χ1n) is 5.25. The van der Waals surface area contributed by atoms with Gasteiger partial charge < -0.3 is 18.9 Å². The van der Waals surface area contributed by atoms with E-state index in [0.29, 0.717) is 0 Å². The van der Waals surface area contributed by atoms with Crippen molar-refractivity contribution < 1.29 is 28.5 Å². The Morgan fingerprint density at radius 1 is 0.778 bits per heavy atom. The molecule has 0 saturated heterocycles. The Morgan fingerprint density at radius 3 is 1.50 bits per heavy atom. The summed E-state index contributed by atoms with van der Waals surface area (Å²) in [6.07, 6.45) is -1.55. The smallest absolute Gasteiger partial charge is 0.435 e. The lowest BCUT2D eigenvalue weighted by Gasteiger charge is -1.98. The van der Waals surface area contributed by atoms with Crippen molar-refractivity contribution >= 4 is 12.3 Å². The predicted molar refractivity (Wildman–Crippen MR) is 61.5 cm³/mol. The van der Waals surface area contributed by atoms with Gasteiger partial charge in [0.1, 0.15) is 0 Å². The van der Waals surface area contributed by atoms with E-state index in [1.807, 2.05) is 0 Å². The minimum absolute atomic E-state index is 0.105. The van der Waals surface area contributed by atoms with Crippen LogP contribution in [0.2, 0.25) is 0 Å². The molecule has 6 nitrogen and oxygen atoms in total. The number of carbonyl (C=O) groups excluding carboxylic acids is 2. The van der Waals surface area contributed by atoms with Gasteiger partial charge in [0.2, 0.25) is 0 Å². The summed E-state index contributed by atoms with van der Waals surface area (Å²) in [5.74, 6) is 9.76. The minimum atomic E-state index is -0.773. The van der Waals surface area contributed by atoms with E-state index in [2.05, 4.69) is 42.6 Å². The molecule has 0 bridgehead atoms. The minimum Gasteiger partial charge on any atom is -0.435 e. The molecule has 0 aliphatic heterocycles. The van der Waals surface area contributed by atoms with Crippen molar-refractivity contribution in [2.45, 2.75) is 13.8 Å². The second kappa shape index (κ2) is 11.2. The molecule has 0 amide bonds. The average Bonchev–Trinajstić information content (AvgIpc) is 2.33. The van der Waals surface area contributed by atoms with Gasteiger partial charge in [-0.2, -0.15) is 0 Å². The molecule has 0 aromatic carbocycles. The normalized spacial score (nSPS) is 7.89. The van der Waals surface area contributed by atoms with Crippen LogP contribution in [0.1, 0.15) is 13.8 Å². The number of hydrogen-bond donors (Lipinski definition) is 0. The highest BCUT2D eigenvalue weighted by Gasteiger charge is 1.98. The zero-order valence-corrected chi connectivity index (χ0v) is 10.3.